The highest BCUT2D eigenvalue weighted by Crippen LogP contribution is 2.14. The van der Waals surface area contributed by atoms with Crippen molar-refractivity contribution in [1.29, 1.82) is 5.26 Å². The van der Waals surface area contributed by atoms with Crippen LogP contribution >= 0.6 is 0 Å². The first kappa shape index (κ1) is 17.2. The lowest BCUT2D eigenvalue weighted by Crippen LogP contribution is -2.49. The lowest BCUT2D eigenvalue weighted by Gasteiger charge is -2.35. The molecule has 2 rings (SSSR count). The second-order valence-electron chi connectivity index (χ2n) is 5.66. The first-order valence-corrected chi connectivity index (χ1v) is 7.82. The molecule has 0 spiro atoms. The molecule has 0 atom stereocenters. The maximum absolute atomic E-state index is 12.2. The largest absolute Gasteiger partial charge is 0.395 e. The van der Waals surface area contributed by atoms with Crippen LogP contribution in [0.15, 0.2) is 18.3 Å². The maximum Gasteiger partial charge on any atom is 0.223 e. The first-order valence-electron chi connectivity index (χ1n) is 7.82. The lowest BCUT2D eigenvalue weighted by atomic mass is 10.2. The van der Waals surface area contributed by atoms with E-state index in [1.807, 2.05) is 22.9 Å². The van der Waals surface area contributed by atoms with Crippen molar-refractivity contribution in [2.24, 2.45) is 0 Å². The van der Waals surface area contributed by atoms with Crippen molar-refractivity contribution >= 4 is 11.7 Å². The molecule has 0 unspecified atom stereocenters. The molecule has 1 saturated heterocycles. The molecule has 23 heavy (non-hydrogen) atoms. The van der Waals surface area contributed by atoms with Crippen molar-refractivity contribution in [2.45, 2.75) is 6.42 Å². The van der Waals surface area contributed by atoms with E-state index >= 15 is 0 Å². The summed E-state index contributed by atoms with van der Waals surface area (Å²) >= 11 is 0. The molecular formula is C16H23N5O2. The number of aromatic nitrogens is 1. The molecule has 0 aromatic carbocycles. The normalized spacial score (nSPS) is 14.9. The van der Waals surface area contributed by atoms with Gasteiger partial charge < -0.3 is 19.8 Å². The Labute approximate surface area is 136 Å². The number of carbonyl (C=O) groups excluding carboxylic acids is 1. The molecule has 1 aromatic rings. The van der Waals surface area contributed by atoms with Gasteiger partial charge in [-0.25, -0.2) is 4.98 Å². The number of hydrogen-bond acceptors (Lipinski definition) is 6. The Bertz CT molecular complexity index is 547. The fourth-order valence-electron chi connectivity index (χ4n) is 2.55. The van der Waals surface area contributed by atoms with Crippen LogP contribution < -0.4 is 4.90 Å². The Morgan fingerprint density at radius 3 is 2.65 bits per heavy atom. The summed E-state index contributed by atoms with van der Waals surface area (Å²) in [7, 11) is 1.90. The monoisotopic (exact) mass is 317 g/mol. The van der Waals surface area contributed by atoms with Crippen LogP contribution in [-0.2, 0) is 4.79 Å². The van der Waals surface area contributed by atoms with Gasteiger partial charge in [0, 0.05) is 51.9 Å². The predicted molar refractivity (Wildman–Crippen MR) is 86.9 cm³/mol. The van der Waals surface area contributed by atoms with E-state index in [-0.39, 0.29) is 12.5 Å². The number of aliphatic hydroxyl groups is 1. The van der Waals surface area contributed by atoms with E-state index in [1.165, 1.54) is 0 Å². The highest BCUT2D eigenvalue weighted by atomic mass is 16.3. The second-order valence-corrected chi connectivity index (χ2v) is 5.66. The molecule has 7 heteroatoms. The first-order chi connectivity index (χ1) is 11.1. The molecule has 0 bridgehead atoms. The number of piperazine rings is 1. The van der Waals surface area contributed by atoms with Gasteiger partial charge in [-0.15, -0.1) is 0 Å². The molecule has 0 saturated carbocycles. The van der Waals surface area contributed by atoms with Crippen molar-refractivity contribution in [2.75, 3.05) is 57.8 Å². The molecule has 1 N–H and O–H groups in total. The third kappa shape index (κ3) is 4.91. The van der Waals surface area contributed by atoms with Crippen LogP contribution in [0.2, 0.25) is 0 Å². The Morgan fingerprint density at radius 2 is 2.09 bits per heavy atom. The number of aliphatic hydroxyl groups excluding tert-OH is 1. The standard InChI is InChI=1S/C16H23N5O2/c1-19(10-11-22)5-4-16(23)21-8-6-20(7-9-21)15-3-2-14(12-17)13-18-15/h2-3,13,22H,4-11H2,1H3. The number of hydrogen-bond donors (Lipinski definition) is 1. The quantitative estimate of drug-likeness (QED) is 0.790. The van der Waals surface area contributed by atoms with E-state index < -0.39 is 0 Å². The van der Waals surface area contributed by atoms with Crippen molar-refractivity contribution < 1.29 is 9.90 Å². The minimum Gasteiger partial charge on any atom is -0.395 e. The van der Waals surface area contributed by atoms with Crippen molar-refractivity contribution in [1.82, 2.24) is 14.8 Å². The predicted octanol–water partition coefficient (Wildman–Crippen LogP) is -0.0839. The third-order valence-corrected chi connectivity index (χ3v) is 4.02. The summed E-state index contributed by atoms with van der Waals surface area (Å²) in [6.45, 7) is 4.23. The Morgan fingerprint density at radius 1 is 1.35 bits per heavy atom. The van der Waals surface area contributed by atoms with Gasteiger partial charge in [0.2, 0.25) is 5.91 Å². The number of amides is 1. The summed E-state index contributed by atoms with van der Waals surface area (Å²) in [5, 5.41) is 17.6. The molecule has 7 nitrogen and oxygen atoms in total. The lowest BCUT2D eigenvalue weighted by molar-refractivity contribution is -0.131. The topological polar surface area (TPSA) is 83.7 Å². The number of nitriles is 1. The van der Waals surface area contributed by atoms with E-state index in [9.17, 15) is 4.79 Å². The van der Waals surface area contributed by atoms with Crippen LogP contribution in [0, 0.1) is 11.3 Å². The van der Waals surface area contributed by atoms with E-state index in [2.05, 4.69) is 16.0 Å². The van der Waals surface area contributed by atoms with E-state index in [1.54, 1.807) is 12.3 Å². The molecule has 0 radical (unpaired) electrons. The molecule has 1 aromatic heterocycles. The van der Waals surface area contributed by atoms with Gasteiger partial charge >= 0.3 is 0 Å². The molecular weight excluding hydrogens is 294 g/mol. The molecule has 1 aliphatic heterocycles. The van der Waals surface area contributed by atoms with Gasteiger partial charge in [-0.1, -0.05) is 0 Å². The molecule has 1 fully saturated rings. The Kier molecular flexibility index (Phi) is 6.32. The Balaban J connectivity index is 1.78. The summed E-state index contributed by atoms with van der Waals surface area (Å²) in [6, 6.07) is 5.67. The molecule has 124 valence electrons. The number of pyridine rings is 1. The van der Waals surface area contributed by atoms with Crippen LogP contribution in [0.25, 0.3) is 0 Å². The van der Waals surface area contributed by atoms with Gasteiger partial charge in [0.1, 0.15) is 11.9 Å². The SMILES string of the molecule is CN(CCO)CCC(=O)N1CCN(c2ccc(C#N)cn2)CC1. The number of anilines is 1. The van der Waals surface area contributed by atoms with E-state index in [4.69, 9.17) is 10.4 Å². The fraction of sp³-hybridized carbons (Fsp3) is 0.562. The van der Waals surface area contributed by atoms with Crippen LogP contribution in [0.5, 0.6) is 0 Å². The van der Waals surface area contributed by atoms with Gasteiger partial charge in [0.15, 0.2) is 0 Å². The summed E-state index contributed by atoms with van der Waals surface area (Å²) < 4.78 is 0. The van der Waals surface area contributed by atoms with Gasteiger partial charge in [0.05, 0.1) is 12.2 Å². The highest BCUT2D eigenvalue weighted by Gasteiger charge is 2.21. The average Bonchev–Trinajstić information content (AvgIpc) is 2.60. The number of carbonyl (C=O) groups is 1. The van der Waals surface area contributed by atoms with Crippen LogP contribution in [-0.4, -0.2) is 78.7 Å². The van der Waals surface area contributed by atoms with E-state index in [0.29, 0.717) is 38.2 Å². The van der Waals surface area contributed by atoms with Crippen molar-refractivity contribution in [3.05, 3.63) is 23.9 Å². The summed E-state index contributed by atoms with van der Waals surface area (Å²) in [5.41, 5.74) is 0.551. The molecule has 0 aliphatic carbocycles. The zero-order valence-corrected chi connectivity index (χ0v) is 13.5. The summed E-state index contributed by atoms with van der Waals surface area (Å²) in [5.74, 6) is 1.00. The maximum atomic E-state index is 12.2. The summed E-state index contributed by atoms with van der Waals surface area (Å²) in [4.78, 5) is 22.5. The fourth-order valence-corrected chi connectivity index (χ4v) is 2.55. The third-order valence-electron chi connectivity index (χ3n) is 4.02. The van der Waals surface area contributed by atoms with Crippen LogP contribution in [0.4, 0.5) is 5.82 Å². The minimum atomic E-state index is 0.112. The van der Waals surface area contributed by atoms with Crippen molar-refractivity contribution in [3.63, 3.8) is 0 Å². The molecule has 1 amide bonds. The van der Waals surface area contributed by atoms with Gasteiger partial charge in [-0.05, 0) is 19.2 Å². The van der Waals surface area contributed by atoms with E-state index in [0.717, 1.165) is 18.9 Å². The average molecular weight is 317 g/mol. The molecule has 2 heterocycles. The molecule has 1 aliphatic rings. The van der Waals surface area contributed by atoms with Crippen LogP contribution in [0.1, 0.15) is 12.0 Å². The smallest absolute Gasteiger partial charge is 0.223 e. The zero-order chi connectivity index (χ0) is 16.7. The van der Waals surface area contributed by atoms with Gasteiger partial charge in [0.25, 0.3) is 0 Å². The number of rotatable bonds is 6. The zero-order valence-electron chi connectivity index (χ0n) is 13.5. The minimum absolute atomic E-state index is 0.112. The number of nitrogens with zero attached hydrogens (tertiary/aromatic N) is 5. The van der Waals surface area contributed by atoms with Gasteiger partial charge in [-0.3, -0.25) is 4.79 Å². The Hall–Kier alpha value is -2.17. The highest BCUT2D eigenvalue weighted by molar-refractivity contribution is 5.76. The van der Waals surface area contributed by atoms with Crippen molar-refractivity contribution in [3.8, 4) is 6.07 Å². The van der Waals surface area contributed by atoms with Crippen LogP contribution in [0.3, 0.4) is 0 Å². The second kappa shape index (κ2) is 8.46. The number of likely N-dealkylation sites (N-methyl/N-ethyl adjacent to an activating group) is 1. The van der Waals surface area contributed by atoms with Gasteiger partial charge in [-0.2, -0.15) is 5.26 Å². The summed E-state index contributed by atoms with van der Waals surface area (Å²) in [6.07, 6.45) is 2.05.